The SMILES string of the molecule is N#CCc1ccc(NC(=O)N(CC(=O)O)CC2CC2)cc1. The van der Waals surface area contributed by atoms with Gasteiger partial charge in [0, 0.05) is 12.2 Å². The molecule has 1 aromatic rings. The molecule has 1 aliphatic rings. The fraction of sp³-hybridized carbons (Fsp3) is 0.400. The molecule has 2 rings (SSSR count). The van der Waals surface area contributed by atoms with Crippen LogP contribution in [0.15, 0.2) is 24.3 Å². The lowest BCUT2D eigenvalue weighted by Crippen LogP contribution is -2.40. The molecule has 0 saturated heterocycles. The van der Waals surface area contributed by atoms with Crippen LogP contribution < -0.4 is 5.32 Å². The summed E-state index contributed by atoms with van der Waals surface area (Å²) in [6, 6.07) is 8.59. The number of carboxylic acids is 1. The maximum absolute atomic E-state index is 12.1. The van der Waals surface area contributed by atoms with Crippen molar-refractivity contribution in [1.29, 1.82) is 5.26 Å². The summed E-state index contributed by atoms with van der Waals surface area (Å²) in [7, 11) is 0. The molecule has 0 bridgehead atoms. The van der Waals surface area contributed by atoms with Gasteiger partial charge >= 0.3 is 12.0 Å². The van der Waals surface area contributed by atoms with Gasteiger partial charge in [0.2, 0.25) is 0 Å². The number of rotatable bonds is 6. The number of carbonyl (C=O) groups is 2. The number of nitriles is 1. The summed E-state index contributed by atoms with van der Waals surface area (Å²) >= 11 is 0. The van der Waals surface area contributed by atoms with Crippen molar-refractivity contribution in [1.82, 2.24) is 4.90 Å². The maximum atomic E-state index is 12.1. The molecule has 0 atom stereocenters. The third-order valence-electron chi connectivity index (χ3n) is 3.28. The Bertz CT molecular complexity index is 559. The van der Waals surface area contributed by atoms with Crippen LogP contribution in [0.1, 0.15) is 18.4 Å². The van der Waals surface area contributed by atoms with Crippen molar-refractivity contribution in [2.24, 2.45) is 5.92 Å². The Kier molecular flexibility index (Phi) is 4.77. The van der Waals surface area contributed by atoms with E-state index < -0.39 is 12.0 Å². The van der Waals surface area contributed by atoms with E-state index in [1.807, 2.05) is 0 Å². The van der Waals surface area contributed by atoms with Crippen molar-refractivity contribution >= 4 is 17.7 Å². The third kappa shape index (κ3) is 4.80. The Morgan fingerprint density at radius 1 is 1.33 bits per heavy atom. The van der Waals surface area contributed by atoms with Crippen molar-refractivity contribution in [3.8, 4) is 6.07 Å². The fourth-order valence-electron chi connectivity index (χ4n) is 1.99. The summed E-state index contributed by atoms with van der Waals surface area (Å²) < 4.78 is 0. The van der Waals surface area contributed by atoms with Gasteiger partial charge in [-0.1, -0.05) is 12.1 Å². The molecular formula is C15H17N3O3. The number of carboxylic acid groups (broad SMARTS) is 1. The van der Waals surface area contributed by atoms with Crippen LogP contribution in [0.5, 0.6) is 0 Å². The van der Waals surface area contributed by atoms with Crippen LogP contribution >= 0.6 is 0 Å². The average molecular weight is 287 g/mol. The van der Waals surface area contributed by atoms with Gasteiger partial charge in [-0.15, -0.1) is 0 Å². The molecule has 6 nitrogen and oxygen atoms in total. The highest BCUT2D eigenvalue weighted by atomic mass is 16.4. The fourth-order valence-corrected chi connectivity index (χ4v) is 1.99. The number of hydrogen-bond donors (Lipinski definition) is 2. The molecular weight excluding hydrogens is 270 g/mol. The molecule has 0 aliphatic heterocycles. The second-order valence-corrected chi connectivity index (χ2v) is 5.18. The molecule has 6 heteroatoms. The first kappa shape index (κ1) is 14.9. The van der Waals surface area contributed by atoms with Crippen LogP contribution in [0.25, 0.3) is 0 Å². The molecule has 2 amide bonds. The van der Waals surface area contributed by atoms with Crippen LogP contribution in [-0.4, -0.2) is 35.1 Å². The average Bonchev–Trinajstić information content (AvgIpc) is 3.24. The predicted octanol–water partition coefficient (Wildman–Crippen LogP) is 2.08. The summed E-state index contributed by atoms with van der Waals surface area (Å²) in [6.07, 6.45) is 2.42. The number of aliphatic carboxylic acids is 1. The molecule has 21 heavy (non-hydrogen) atoms. The quantitative estimate of drug-likeness (QED) is 0.837. The first-order valence-electron chi connectivity index (χ1n) is 6.82. The van der Waals surface area contributed by atoms with E-state index in [4.69, 9.17) is 10.4 Å². The molecule has 1 saturated carbocycles. The van der Waals surface area contributed by atoms with Crippen molar-refractivity contribution in [3.05, 3.63) is 29.8 Å². The Hall–Kier alpha value is -2.55. The van der Waals surface area contributed by atoms with E-state index in [0.29, 0.717) is 24.6 Å². The summed E-state index contributed by atoms with van der Waals surface area (Å²) in [4.78, 5) is 24.3. The number of amides is 2. The van der Waals surface area contributed by atoms with Gasteiger partial charge in [0.25, 0.3) is 0 Å². The normalized spacial score (nSPS) is 13.3. The molecule has 0 aromatic heterocycles. The molecule has 110 valence electrons. The van der Waals surface area contributed by atoms with Gasteiger partial charge < -0.3 is 15.3 Å². The van der Waals surface area contributed by atoms with E-state index in [-0.39, 0.29) is 6.54 Å². The number of nitrogens with one attached hydrogen (secondary N) is 1. The lowest BCUT2D eigenvalue weighted by Gasteiger charge is -2.21. The minimum Gasteiger partial charge on any atom is -0.480 e. The van der Waals surface area contributed by atoms with Gasteiger partial charge in [-0.2, -0.15) is 5.26 Å². The van der Waals surface area contributed by atoms with Gasteiger partial charge in [0.05, 0.1) is 12.5 Å². The number of nitrogens with zero attached hydrogens (tertiary/aromatic N) is 2. The molecule has 0 spiro atoms. The van der Waals surface area contributed by atoms with Gasteiger partial charge in [-0.3, -0.25) is 4.79 Å². The number of carbonyl (C=O) groups excluding carboxylic acids is 1. The second-order valence-electron chi connectivity index (χ2n) is 5.18. The van der Waals surface area contributed by atoms with Crippen molar-refractivity contribution < 1.29 is 14.7 Å². The highest BCUT2D eigenvalue weighted by Gasteiger charge is 2.27. The standard InChI is InChI=1S/C15H17N3O3/c16-8-7-11-3-5-13(6-4-11)17-15(21)18(10-14(19)20)9-12-1-2-12/h3-6,12H,1-2,7,9-10H2,(H,17,21)(H,19,20). The first-order chi connectivity index (χ1) is 10.1. The van der Waals surface area contributed by atoms with Crippen LogP contribution in [0.4, 0.5) is 10.5 Å². The molecule has 0 unspecified atom stereocenters. The summed E-state index contributed by atoms with van der Waals surface area (Å²) in [6.45, 7) is 0.180. The van der Waals surface area contributed by atoms with E-state index in [1.165, 1.54) is 4.90 Å². The zero-order valence-corrected chi connectivity index (χ0v) is 11.6. The van der Waals surface area contributed by atoms with Crippen LogP contribution in [0, 0.1) is 17.2 Å². The highest BCUT2D eigenvalue weighted by molar-refractivity contribution is 5.91. The van der Waals surface area contributed by atoms with Gasteiger partial charge in [0.1, 0.15) is 6.54 Å². The highest BCUT2D eigenvalue weighted by Crippen LogP contribution is 2.29. The van der Waals surface area contributed by atoms with E-state index >= 15 is 0 Å². The van der Waals surface area contributed by atoms with Gasteiger partial charge in [-0.05, 0) is 36.5 Å². The van der Waals surface area contributed by atoms with Crippen molar-refractivity contribution in [3.63, 3.8) is 0 Å². The molecule has 1 aromatic carbocycles. The summed E-state index contributed by atoms with van der Waals surface area (Å²) in [5.41, 5.74) is 1.46. The van der Waals surface area contributed by atoms with Crippen molar-refractivity contribution in [2.45, 2.75) is 19.3 Å². The summed E-state index contributed by atoms with van der Waals surface area (Å²) in [5, 5.41) is 20.2. The lowest BCUT2D eigenvalue weighted by atomic mass is 10.1. The number of hydrogen-bond acceptors (Lipinski definition) is 3. The summed E-state index contributed by atoms with van der Waals surface area (Å²) in [5.74, 6) is -0.594. The number of urea groups is 1. The third-order valence-corrected chi connectivity index (χ3v) is 3.28. The predicted molar refractivity (Wildman–Crippen MR) is 76.7 cm³/mol. The van der Waals surface area contributed by atoms with E-state index in [0.717, 1.165) is 18.4 Å². The van der Waals surface area contributed by atoms with E-state index in [9.17, 15) is 9.59 Å². The van der Waals surface area contributed by atoms with E-state index in [1.54, 1.807) is 24.3 Å². The van der Waals surface area contributed by atoms with Gasteiger partial charge in [0.15, 0.2) is 0 Å². The first-order valence-corrected chi connectivity index (χ1v) is 6.82. The van der Waals surface area contributed by atoms with Gasteiger partial charge in [-0.25, -0.2) is 4.79 Å². The molecule has 0 heterocycles. The molecule has 0 radical (unpaired) electrons. The Labute approximate surface area is 123 Å². The smallest absolute Gasteiger partial charge is 0.323 e. The largest absolute Gasteiger partial charge is 0.480 e. The lowest BCUT2D eigenvalue weighted by molar-refractivity contribution is -0.137. The van der Waals surface area contributed by atoms with Crippen LogP contribution in [-0.2, 0) is 11.2 Å². The Morgan fingerprint density at radius 3 is 2.52 bits per heavy atom. The zero-order chi connectivity index (χ0) is 15.2. The van der Waals surface area contributed by atoms with Crippen LogP contribution in [0.2, 0.25) is 0 Å². The molecule has 2 N–H and O–H groups in total. The minimum absolute atomic E-state index is 0.297. The maximum Gasteiger partial charge on any atom is 0.323 e. The van der Waals surface area contributed by atoms with E-state index in [2.05, 4.69) is 11.4 Å². The molecule has 1 aliphatic carbocycles. The van der Waals surface area contributed by atoms with Crippen LogP contribution in [0.3, 0.4) is 0 Å². The number of benzene rings is 1. The molecule has 1 fully saturated rings. The second kappa shape index (κ2) is 6.75. The van der Waals surface area contributed by atoms with Crippen molar-refractivity contribution in [2.75, 3.05) is 18.4 Å². The Morgan fingerprint density at radius 2 is 2.00 bits per heavy atom. The monoisotopic (exact) mass is 287 g/mol. The Balaban J connectivity index is 1.96. The minimum atomic E-state index is -1.02. The zero-order valence-electron chi connectivity index (χ0n) is 11.6. The topological polar surface area (TPSA) is 93.4 Å². The number of anilines is 1.